The van der Waals surface area contributed by atoms with Gasteiger partial charge in [-0.05, 0) is 65.7 Å². The zero-order valence-corrected chi connectivity index (χ0v) is 21.1. The normalized spacial score (nSPS) is 14.4. The molecule has 2 heterocycles. The molecule has 0 saturated carbocycles. The number of carboxylic acids is 1. The molecule has 0 bridgehead atoms. The lowest BCUT2D eigenvalue weighted by Crippen LogP contribution is -2.21. The van der Waals surface area contributed by atoms with Crippen LogP contribution in [-0.2, 0) is 6.18 Å². The van der Waals surface area contributed by atoms with Crippen LogP contribution in [0.4, 0.5) is 27.6 Å². The summed E-state index contributed by atoms with van der Waals surface area (Å²) in [7, 11) is 0. The number of pyridine rings is 1. The van der Waals surface area contributed by atoms with Crippen LogP contribution in [0.2, 0.25) is 5.02 Å². The van der Waals surface area contributed by atoms with E-state index in [2.05, 4.69) is 15.6 Å². The molecule has 0 spiro atoms. The van der Waals surface area contributed by atoms with E-state index in [4.69, 9.17) is 11.6 Å². The van der Waals surface area contributed by atoms with E-state index in [1.165, 1.54) is 30.5 Å². The molecule has 1 aliphatic rings. The molecule has 3 N–H and O–H groups in total. The second-order valence-electron chi connectivity index (χ2n) is 8.96. The molecule has 0 aliphatic carbocycles. The fourth-order valence-corrected chi connectivity index (χ4v) is 4.78. The number of hydrogen-bond donors (Lipinski definition) is 3. The third-order valence-electron chi connectivity index (χ3n) is 6.36. The Morgan fingerprint density at radius 3 is 2.44 bits per heavy atom. The third kappa shape index (κ3) is 5.33. The molecule has 208 valence electrons. The smallest absolute Gasteiger partial charge is 0.416 e. The van der Waals surface area contributed by atoms with E-state index >= 15 is 0 Å². The lowest BCUT2D eigenvalue weighted by Gasteiger charge is -2.19. The Morgan fingerprint density at radius 1 is 0.976 bits per heavy atom. The zero-order valence-electron chi connectivity index (χ0n) is 20.3. The van der Waals surface area contributed by atoms with Gasteiger partial charge in [0, 0.05) is 45.4 Å². The number of benzene rings is 3. The Kier molecular flexibility index (Phi) is 6.95. The summed E-state index contributed by atoms with van der Waals surface area (Å²) in [4.78, 5) is 41.9. The van der Waals surface area contributed by atoms with Crippen molar-refractivity contribution in [2.24, 2.45) is 0 Å². The number of aromatic carboxylic acids is 1. The molecule has 7 nitrogen and oxygen atoms in total. The number of aromatic nitrogens is 1. The van der Waals surface area contributed by atoms with Crippen molar-refractivity contribution in [1.82, 2.24) is 10.3 Å². The molecule has 1 atom stereocenters. The van der Waals surface area contributed by atoms with Gasteiger partial charge in [0.2, 0.25) is 0 Å². The van der Waals surface area contributed by atoms with Crippen molar-refractivity contribution in [1.29, 1.82) is 0 Å². The van der Waals surface area contributed by atoms with Crippen LogP contribution in [0.3, 0.4) is 0 Å². The summed E-state index contributed by atoms with van der Waals surface area (Å²) in [5, 5.41) is 14.7. The number of carboxylic acid groups (broad SMARTS) is 1. The van der Waals surface area contributed by atoms with Crippen molar-refractivity contribution >= 4 is 35.1 Å². The highest BCUT2D eigenvalue weighted by atomic mass is 35.5. The number of anilines is 1. The van der Waals surface area contributed by atoms with Crippen LogP contribution in [0.25, 0.3) is 11.1 Å². The maximum atomic E-state index is 14.2. The SMILES string of the molecule is O=C(Nc1cc(-c2ccncc2C(=O)O)cc2c1C(c1cc(F)ccc1Cl)NC2=O)c1cc(F)cc(C(F)(F)F)c1. The van der Waals surface area contributed by atoms with Gasteiger partial charge in [0.25, 0.3) is 11.8 Å². The van der Waals surface area contributed by atoms with Crippen molar-refractivity contribution in [2.75, 3.05) is 5.32 Å². The van der Waals surface area contributed by atoms with Gasteiger partial charge < -0.3 is 15.7 Å². The molecule has 5 rings (SSSR count). The molecule has 1 aromatic heterocycles. The van der Waals surface area contributed by atoms with Crippen molar-refractivity contribution in [3.05, 3.63) is 117 Å². The van der Waals surface area contributed by atoms with E-state index in [-0.39, 0.29) is 50.2 Å². The van der Waals surface area contributed by atoms with Crippen molar-refractivity contribution in [3.63, 3.8) is 0 Å². The lowest BCUT2D eigenvalue weighted by atomic mass is 9.91. The molecule has 0 radical (unpaired) electrons. The number of hydrogen-bond acceptors (Lipinski definition) is 4. The predicted octanol–water partition coefficient (Wildman–Crippen LogP) is 6.48. The first kappa shape index (κ1) is 27.7. The van der Waals surface area contributed by atoms with Gasteiger partial charge in [-0.2, -0.15) is 13.2 Å². The molecular formula is C28H15ClF5N3O4. The van der Waals surface area contributed by atoms with Crippen LogP contribution in [0, 0.1) is 11.6 Å². The Morgan fingerprint density at radius 2 is 1.73 bits per heavy atom. The minimum absolute atomic E-state index is 0.0495. The summed E-state index contributed by atoms with van der Waals surface area (Å²) in [5.74, 6) is -5.18. The molecule has 1 unspecified atom stereocenters. The number of rotatable bonds is 5. The maximum Gasteiger partial charge on any atom is 0.416 e. The first-order valence-corrected chi connectivity index (χ1v) is 12.0. The average molecular weight is 588 g/mol. The van der Waals surface area contributed by atoms with Crippen molar-refractivity contribution in [2.45, 2.75) is 12.2 Å². The second kappa shape index (κ2) is 10.3. The zero-order chi connectivity index (χ0) is 29.6. The minimum atomic E-state index is -4.94. The maximum absolute atomic E-state index is 14.2. The van der Waals surface area contributed by atoms with Gasteiger partial charge in [0.1, 0.15) is 11.6 Å². The van der Waals surface area contributed by atoms with Crippen LogP contribution in [0.1, 0.15) is 53.8 Å². The van der Waals surface area contributed by atoms with E-state index in [1.807, 2.05) is 0 Å². The van der Waals surface area contributed by atoms with Gasteiger partial charge in [-0.3, -0.25) is 14.6 Å². The molecular weight excluding hydrogens is 573 g/mol. The van der Waals surface area contributed by atoms with Crippen LogP contribution in [-0.4, -0.2) is 27.9 Å². The molecule has 41 heavy (non-hydrogen) atoms. The van der Waals surface area contributed by atoms with Crippen LogP contribution >= 0.6 is 11.6 Å². The van der Waals surface area contributed by atoms with Crippen LogP contribution in [0.5, 0.6) is 0 Å². The average Bonchev–Trinajstić information content (AvgIpc) is 3.25. The molecule has 1 aliphatic heterocycles. The number of carbonyl (C=O) groups excluding carboxylic acids is 2. The van der Waals surface area contributed by atoms with Gasteiger partial charge in [-0.15, -0.1) is 0 Å². The Labute approximate surface area is 232 Å². The van der Waals surface area contributed by atoms with E-state index in [0.29, 0.717) is 12.1 Å². The lowest BCUT2D eigenvalue weighted by molar-refractivity contribution is -0.137. The fourth-order valence-electron chi connectivity index (χ4n) is 4.56. The predicted molar refractivity (Wildman–Crippen MR) is 137 cm³/mol. The van der Waals surface area contributed by atoms with Crippen molar-refractivity contribution in [3.8, 4) is 11.1 Å². The molecule has 0 saturated heterocycles. The summed E-state index contributed by atoms with van der Waals surface area (Å²) in [6, 6.07) is 7.59. The van der Waals surface area contributed by atoms with Crippen LogP contribution in [0.15, 0.2) is 67.0 Å². The number of amides is 2. The fraction of sp³-hybridized carbons (Fsp3) is 0.0714. The monoisotopic (exact) mass is 587 g/mol. The molecule has 3 aromatic carbocycles. The molecule has 2 amide bonds. The number of halogens is 6. The first-order valence-electron chi connectivity index (χ1n) is 11.6. The Balaban J connectivity index is 1.70. The highest BCUT2D eigenvalue weighted by molar-refractivity contribution is 6.31. The minimum Gasteiger partial charge on any atom is -0.478 e. The molecule has 4 aromatic rings. The standard InChI is InChI=1S/C28H15ClF5N3O4/c29-21-2-1-15(30)10-18(21)24-23-19(26(39)37-24)7-12(17-3-4-35-11-20(17)27(40)41)8-22(23)36-25(38)13-5-14(28(32,33)34)9-16(31)6-13/h1-11,24H,(H,36,38)(H,37,39)(H,40,41). The number of alkyl halides is 3. The van der Waals surface area contributed by atoms with E-state index in [9.17, 15) is 41.4 Å². The summed E-state index contributed by atoms with van der Waals surface area (Å²) >= 11 is 6.28. The highest BCUT2D eigenvalue weighted by Crippen LogP contribution is 2.42. The highest BCUT2D eigenvalue weighted by Gasteiger charge is 2.36. The number of nitrogens with one attached hydrogen (secondary N) is 2. The first-order chi connectivity index (χ1) is 19.3. The van der Waals surface area contributed by atoms with Crippen LogP contribution < -0.4 is 10.6 Å². The van der Waals surface area contributed by atoms with Gasteiger partial charge >= 0.3 is 12.1 Å². The number of fused-ring (bicyclic) bond motifs is 1. The van der Waals surface area contributed by atoms with Gasteiger partial charge in [0.15, 0.2) is 0 Å². The van der Waals surface area contributed by atoms with E-state index in [1.54, 1.807) is 0 Å². The Bertz CT molecular complexity index is 1760. The van der Waals surface area contributed by atoms with Gasteiger partial charge in [-0.25, -0.2) is 13.6 Å². The quantitative estimate of drug-likeness (QED) is 0.232. The van der Waals surface area contributed by atoms with Gasteiger partial charge in [-0.1, -0.05) is 11.6 Å². The topological polar surface area (TPSA) is 108 Å². The van der Waals surface area contributed by atoms with Gasteiger partial charge in [0.05, 0.1) is 17.2 Å². The van der Waals surface area contributed by atoms with E-state index < -0.39 is 52.8 Å². The molecule has 13 heteroatoms. The van der Waals surface area contributed by atoms with E-state index in [0.717, 1.165) is 18.3 Å². The number of carbonyl (C=O) groups is 3. The largest absolute Gasteiger partial charge is 0.478 e. The molecule has 0 fully saturated rings. The second-order valence-corrected chi connectivity index (χ2v) is 9.37. The summed E-state index contributed by atoms with van der Waals surface area (Å²) in [5.41, 5.74) is -2.07. The summed E-state index contributed by atoms with van der Waals surface area (Å²) in [6.07, 6.45) is -2.57. The van der Waals surface area contributed by atoms with Crippen molar-refractivity contribution < 1.29 is 41.4 Å². The third-order valence-corrected chi connectivity index (χ3v) is 6.70. The summed E-state index contributed by atoms with van der Waals surface area (Å²) in [6.45, 7) is 0. The summed E-state index contributed by atoms with van der Waals surface area (Å²) < 4.78 is 68.0. The number of nitrogens with zero attached hydrogens (tertiary/aromatic N) is 1. The Hall–Kier alpha value is -4.84.